The van der Waals surface area contributed by atoms with E-state index >= 15 is 0 Å². The molecule has 1 aromatic carbocycles. The molecule has 3 heterocycles. The summed E-state index contributed by atoms with van der Waals surface area (Å²) in [5.41, 5.74) is 1.99. The van der Waals surface area contributed by atoms with E-state index < -0.39 is 0 Å². The fourth-order valence-corrected chi connectivity index (χ4v) is 4.49. The van der Waals surface area contributed by atoms with Crippen molar-refractivity contribution in [3.8, 4) is 11.5 Å². The van der Waals surface area contributed by atoms with Gasteiger partial charge >= 0.3 is 0 Å². The van der Waals surface area contributed by atoms with Crippen molar-refractivity contribution in [2.24, 2.45) is 0 Å². The number of ether oxygens (including phenoxy) is 3. The minimum Gasteiger partial charge on any atom is -0.493 e. The first kappa shape index (κ1) is 19.4. The maximum absolute atomic E-state index is 7.48. The molecule has 0 radical (unpaired) electrons. The molecule has 0 saturated carbocycles. The molecular formula is C21H22N4O3S. The van der Waals surface area contributed by atoms with Crippen LogP contribution in [0.25, 0.3) is 15.1 Å². The predicted molar refractivity (Wildman–Crippen MR) is 114 cm³/mol. The third-order valence-electron chi connectivity index (χ3n) is 5.01. The number of anilines is 1. The van der Waals surface area contributed by atoms with Gasteiger partial charge in [-0.1, -0.05) is 6.07 Å². The molecule has 3 aromatic rings. The normalized spacial score (nSPS) is 14.1. The summed E-state index contributed by atoms with van der Waals surface area (Å²) in [6, 6.07) is 5.83. The van der Waals surface area contributed by atoms with Gasteiger partial charge < -0.3 is 19.1 Å². The fraction of sp³-hybridized carbons (Fsp3) is 0.381. The maximum Gasteiger partial charge on any atom is 0.246 e. The van der Waals surface area contributed by atoms with Crippen molar-refractivity contribution >= 4 is 32.4 Å². The second-order valence-electron chi connectivity index (χ2n) is 6.75. The van der Waals surface area contributed by atoms with Gasteiger partial charge in [0.1, 0.15) is 16.5 Å². The summed E-state index contributed by atoms with van der Waals surface area (Å²) in [5, 5.41) is 1.66. The Hall–Kier alpha value is -2.89. The third-order valence-corrected chi connectivity index (χ3v) is 6.09. The van der Waals surface area contributed by atoms with Crippen LogP contribution in [0.2, 0.25) is 0 Å². The van der Waals surface area contributed by atoms with Gasteiger partial charge in [-0.2, -0.15) is 0 Å². The Bertz CT molecular complexity index is 1080. The number of benzene rings is 1. The van der Waals surface area contributed by atoms with Crippen LogP contribution in [0.4, 0.5) is 10.8 Å². The van der Waals surface area contributed by atoms with Crippen LogP contribution in [0.15, 0.2) is 18.2 Å². The number of aryl methyl sites for hydroxylation is 1. The van der Waals surface area contributed by atoms with Crippen LogP contribution < -0.4 is 14.4 Å². The molecule has 150 valence electrons. The van der Waals surface area contributed by atoms with E-state index in [1.807, 2.05) is 25.1 Å². The number of hydrogen-bond acceptors (Lipinski definition) is 7. The Morgan fingerprint density at radius 1 is 1.17 bits per heavy atom. The van der Waals surface area contributed by atoms with E-state index in [1.54, 1.807) is 14.2 Å². The van der Waals surface area contributed by atoms with Crippen LogP contribution in [0.1, 0.15) is 17.0 Å². The largest absolute Gasteiger partial charge is 0.493 e. The SMILES string of the molecule is [C-]#[N+]c1sc2nc(Cc3ccc(OC)c(OC)c3)nc(N3CCOCC3)c2c1C. The Morgan fingerprint density at radius 3 is 2.62 bits per heavy atom. The molecule has 4 rings (SSSR count). The van der Waals surface area contributed by atoms with Crippen molar-refractivity contribution in [1.29, 1.82) is 0 Å². The van der Waals surface area contributed by atoms with Crippen molar-refractivity contribution < 1.29 is 14.2 Å². The second kappa shape index (κ2) is 8.23. The minimum absolute atomic E-state index is 0.567. The van der Waals surface area contributed by atoms with Crippen LogP contribution in [-0.4, -0.2) is 50.5 Å². The lowest BCUT2D eigenvalue weighted by Crippen LogP contribution is -2.37. The van der Waals surface area contributed by atoms with Crippen LogP contribution in [0.5, 0.6) is 11.5 Å². The van der Waals surface area contributed by atoms with Gasteiger partial charge in [0.15, 0.2) is 11.5 Å². The number of rotatable bonds is 5. The quantitative estimate of drug-likeness (QED) is 0.593. The molecule has 1 aliphatic rings. The number of morpholine rings is 1. The standard InChI is InChI=1S/C21H22N4O3S/c1-13-18-19(25-7-9-28-10-8-25)23-17(24-21(18)29-20(13)22-2)12-14-5-6-15(26-3)16(11-14)27-4/h5-6,11H,7-10,12H2,1,3-4H3. The molecule has 29 heavy (non-hydrogen) atoms. The summed E-state index contributed by atoms with van der Waals surface area (Å²) in [6.45, 7) is 12.4. The molecule has 0 unspecified atom stereocenters. The molecule has 0 amide bonds. The number of hydrogen-bond donors (Lipinski definition) is 0. The van der Waals surface area contributed by atoms with Crippen molar-refractivity contribution in [3.63, 3.8) is 0 Å². The Morgan fingerprint density at radius 2 is 1.93 bits per heavy atom. The van der Waals surface area contributed by atoms with Gasteiger partial charge in [0.25, 0.3) is 0 Å². The monoisotopic (exact) mass is 410 g/mol. The maximum atomic E-state index is 7.48. The average molecular weight is 410 g/mol. The first-order valence-electron chi connectivity index (χ1n) is 9.35. The van der Waals surface area contributed by atoms with Gasteiger partial charge in [0.05, 0.1) is 34.0 Å². The lowest BCUT2D eigenvalue weighted by molar-refractivity contribution is 0.122. The number of fused-ring (bicyclic) bond motifs is 1. The summed E-state index contributed by atoms with van der Waals surface area (Å²) in [7, 11) is 3.25. The van der Waals surface area contributed by atoms with E-state index in [-0.39, 0.29) is 0 Å². The molecule has 1 aliphatic heterocycles. The lowest BCUT2D eigenvalue weighted by atomic mass is 10.1. The topological polar surface area (TPSA) is 61.1 Å². The Kier molecular flexibility index (Phi) is 5.51. The minimum atomic E-state index is 0.567. The van der Waals surface area contributed by atoms with Gasteiger partial charge in [0, 0.05) is 24.9 Å². The first-order valence-corrected chi connectivity index (χ1v) is 10.2. The third kappa shape index (κ3) is 3.71. The molecule has 0 N–H and O–H groups in total. The summed E-state index contributed by atoms with van der Waals surface area (Å²) in [6.07, 6.45) is 0.567. The molecule has 1 fully saturated rings. The van der Waals surface area contributed by atoms with Gasteiger partial charge in [-0.3, -0.25) is 0 Å². The first-order chi connectivity index (χ1) is 14.1. The van der Waals surface area contributed by atoms with Crippen molar-refractivity contribution in [3.05, 3.63) is 46.6 Å². The molecule has 0 spiro atoms. The zero-order chi connectivity index (χ0) is 20.4. The van der Waals surface area contributed by atoms with E-state index in [0.717, 1.165) is 46.1 Å². The predicted octanol–water partition coefficient (Wildman–Crippen LogP) is 4.00. The van der Waals surface area contributed by atoms with Crippen molar-refractivity contribution in [1.82, 2.24) is 9.97 Å². The number of nitrogens with zero attached hydrogens (tertiary/aromatic N) is 4. The van der Waals surface area contributed by atoms with Crippen LogP contribution in [-0.2, 0) is 11.2 Å². The average Bonchev–Trinajstić information content (AvgIpc) is 3.09. The molecule has 2 aromatic heterocycles. The highest BCUT2D eigenvalue weighted by atomic mass is 32.1. The molecule has 7 nitrogen and oxygen atoms in total. The van der Waals surface area contributed by atoms with Gasteiger partial charge in [-0.25, -0.2) is 14.8 Å². The van der Waals surface area contributed by atoms with Crippen molar-refractivity contribution in [2.45, 2.75) is 13.3 Å². The van der Waals surface area contributed by atoms with Crippen molar-refractivity contribution in [2.75, 3.05) is 45.4 Å². The fourth-order valence-electron chi connectivity index (χ4n) is 3.51. The van der Waals surface area contributed by atoms with Gasteiger partial charge in [0.2, 0.25) is 5.00 Å². The van der Waals surface area contributed by atoms with E-state index in [9.17, 15) is 0 Å². The molecule has 8 heteroatoms. The van der Waals surface area contributed by atoms with E-state index in [2.05, 4.69) is 9.74 Å². The highest BCUT2D eigenvalue weighted by Crippen LogP contribution is 2.40. The van der Waals surface area contributed by atoms with Gasteiger partial charge in [-0.15, -0.1) is 11.3 Å². The molecule has 0 atom stereocenters. The van der Waals surface area contributed by atoms with E-state index in [4.69, 9.17) is 30.8 Å². The highest BCUT2D eigenvalue weighted by Gasteiger charge is 2.22. The zero-order valence-corrected chi connectivity index (χ0v) is 17.5. The summed E-state index contributed by atoms with van der Waals surface area (Å²) < 4.78 is 16.2. The molecular weight excluding hydrogens is 388 g/mol. The summed E-state index contributed by atoms with van der Waals surface area (Å²) in [5.74, 6) is 3.00. The number of methoxy groups -OCH3 is 2. The van der Waals surface area contributed by atoms with E-state index in [0.29, 0.717) is 36.1 Å². The second-order valence-corrected chi connectivity index (χ2v) is 7.73. The summed E-state index contributed by atoms with van der Waals surface area (Å²) >= 11 is 1.43. The van der Waals surface area contributed by atoms with Crippen LogP contribution in [0, 0.1) is 13.5 Å². The van der Waals surface area contributed by atoms with Crippen LogP contribution in [0.3, 0.4) is 0 Å². The lowest BCUT2D eigenvalue weighted by Gasteiger charge is -2.28. The van der Waals surface area contributed by atoms with Gasteiger partial charge in [-0.05, 0) is 30.2 Å². The molecule has 0 aliphatic carbocycles. The molecule has 0 bridgehead atoms. The molecule has 1 saturated heterocycles. The van der Waals surface area contributed by atoms with Crippen LogP contribution >= 0.6 is 11.3 Å². The smallest absolute Gasteiger partial charge is 0.246 e. The summed E-state index contributed by atoms with van der Waals surface area (Å²) in [4.78, 5) is 16.5. The Labute approximate surface area is 173 Å². The Balaban J connectivity index is 1.78. The number of thiophene rings is 1. The van der Waals surface area contributed by atoms with E-state index in [1.165, 1.54) is 11.3 Å². The zero-order valence-electron chi connectivity index (χ0n) is 16.7. The number of aromatic nitrogens is 2. The highest BCUT2D eigenvalue weighted by molar-refractivity contribution is 7.22.